The van der Waals surface area contributed by atoms with Crippen molar-refractivity contribution in [3.63, 3.8) is 0 Å². The van der Waals surface area contributed by atoms with Crippen LogP contribution in [-0.4, -0.2) is 15.5 Å². The van der Waals surface area contributed by atoms with Crippen molar-refractivity contribution in [2.24, 2.45) is 0 Å². The van der Waals surface area contributed by atoms with E-state index >= 15 is 0 Å². The zero-order valence-corrected chi connectivity index (χ0v) is 14.0. The van der Waals surface area contributed by atoms with E-state index < -0.39 is 10.0 Å². The molecule has 7 heteroatoms. The van der Waals surface area contributed by atoms with E-state index in [2.05, 4.69) is 20.7 Å². The predicted molar refractivity (Wildman–Crippen MR) is 87.1 cm³/mol. The third-order valence-electron chi connectivity index (χ3n) is 3.02. The van der Waals surface area contributed by atoms with E-state index in [-0.39, 0.29) is 4.90 Å². The van der Waals surface area contributed by atoms with Crippen LogP contribution >= 0.6 is 15.9 Å². The van der Waals surface area contributed by atoms with Crippen LogP contribution < -0.4 is 15.2 Å². The molecule has 21 heavy (non-hydrogen) atoms. The molecule has 0 bridgehead atoms. The molecule has 0 saturated carbocycles. The van der Waals surface area contributed by atoms with Gasteiger partial charge in [0.25, 0.3) is 10.0 Å². The monoisotopic (exact) mass is 370 g/mol. The lowest BCUT2D eigenvalue weighted by molar-refractivity contribution is 0.412. The van der Waals surface area contributed by atoms with Crippen LogP contribution in [0.15, 0.2) is 45.8 Å². The van der Waals surface area contributed by atoms with Gasteiger partial charge in [0.05, 0.1) is 22.2 Å². The quantitative estimate of drug-likeness (QED) is 0.809. The molecule has 2 aromatic rings. The van der Waals surface area contributed by atoms with Crippen LogP contribution in [-0.2, 0) is 10.0 Å². The molecular formula is C14H15BrN2O3S. The summed E-state index contributed by atoms with van der Waals surface area (Å²) in [4.78, 5) is 0.157. The fraction of sp³-hybridized carbons (Fsp3) is 0.143. The molecule has 0 unspecified atom stereocenters. The number of hydrogen-bond acceptors (Lipinski definition) is 4. The van der Waals surface area contributed by atoms with Gasteiger partial charge in [-0.05, 0) is 52.7 Å². The number of sulfonamides is 1. The van der Waals surface area contributed by atoms with Crippen LogP contribution in [0.2, 0.25) is 0 Å². The minimum absolute atomic E-state index is 0.157. The number of anilines is 2. The summed E-state index contributed by atoms with van der Waals surface area (Å²) in [5.74, 6) is 0.541. The standard InChI is InChI=1S/C14H15BrN2O3S/c1-9-12(16)4-3-5-14(9)21(18,19)17-10-6-7-11(15)13(8-10)20-2/h3-8,17H,16H2,1-2H3. The third kappa shape index (κ3) is 3.30. The van der Waals surface area contributed by atoms with Gasteiger partial charge >= 0.3 is 0 Å². The Hall–Kier alpha value is -1.73. The van der Waals surface area contributed by atoms with Crippen LogP contribution in [0.5, 0.6) is 5.75 Å². The van der Waals surface area contributed by atoms with E-state index in [4.69, 9.17) is 10.5 Å². The molecule has 3 N–H and O–H groups in total. The van der Waals surface area contributed by atoms with E-state index in [0.29, 0.717) is 22.7 Å². The molecule has 0 spiro atoms. The highest BCUT2D eigenvalue weighted by Gasteiger charge is 2.18. The zero-order chi connectivity index (χ0) is 15.6. The highest BCUT2D eigenvalue weighted by Crippen LogP contribution is 2.29. The van der Waals surface area contributed by atoms with Gasteiger partial charge in [0.2, 0.25) is 0 Å². The molecular weight excluding hydrogens is 356 g/mol. The zero-order valence-electron chi connectivity index (χ0n) is 11.6. The number of ether oxygens (including phenoxy) is 1. The first-order valence-electron chi connectivity index (χ1n) is 6.06. The van der Waals surface area contributed by atoms with Crippen molar-refractivity contribution in [1.29, 1.82) is 0 Å². The first-order valence-corrected chi connectivity index (χ1v) is 8.34. The number of nitrogens with one attached hydrogen (secondary N) is 1. The van der Waals surface area contributed by atoms with Crippen LogP contribution in [0.1, 0.15) is 5.56 Å². The van der Waals surface area contributed by atoms with E-state index in [1.165, 1.54) is 13.2 Å². The number of hydrogen-bond donors (Lipinski definition) is 2. The maximum atomic E-state index is 12.4. The normalized spacial score (nSPS) is 11.2. The van der Waals surface area contributed by atoms with Crippen molar-refractivity contribution in [2.75, 3.05) is 17.6 Å². The van der Waals surface area contributed by atoms with Gasteiger partial charge in [-0.2, -0.15) is 0 Å². The molecule has 5 nitrogen and oxygen atoms in total. The average molecular weight is 371 g/mol. The van der Waals surface area contributed by atoms with Crippen molar-refractivity contribution in [3.8, 4) is 5.75 Å². The van der Waals surface area contributed by atoms with Crippen LogP contribution in [0.3, 0.4) is 0 Å². The summed E-state index contributed by atoms with van der Waals surface area (Å²) in [6.07, 6.45) is 0. The number of benzene rings is 2. The van der Waals surface area contributed by atoms with Crippen molar-refractivity contribution in [3.05, 3.63) is 46.4 Å². The van der Waals surface area contributed by atoms with Crippen LogP contribution in [0, 0.1) is 6.92 Å². The Morgan fingerprint density at radius 3 is 2.62 bits per heavy atom. The Kier molecular flexibility index (Phi) is 4.43. The number of halogens is 1. The SMILES string of the molecule is COc1cc(NS(=O)(=O)c2cccc(N)c2C)ccc1Br. The molecule has 0 atom stereocenters. The summed E-state index contributed by atoms with van der Waals surface area (Å²) in [5.41, 5.74) is 7.13. The topological polar surface area (TPSA) is 81.4 Å². The Morgan fingerprint density at radius 2 is 1.95 bits per heavy atom. The van der Waals surface area contributed by atoms with Gasteiger partial charge in [-0.25, -0.2) is 8.42 Å². The minimum Gasteiger partial charge on any atom is -0.495 e. The Labute approximate surface area is 132 Å². The molecule has 0 saturated heterocycles. The summed E-state index contributed by atoms with van der Waals surface area (Å²) in [5, 5.41) is 0. The predicted octanol–water partition coefficient (Wildman–Crippen LogP) is 3.15. The molecule has 0 aliphatic heterocycles. The van der Waals surface area contributed by atoms with Gasteiger partial charge in [-0.3, -0.25) is 4.72 Å². The molecule has 112 valence electrons. The van der Waals surface area contributed by atoms with Gasteiger partial charge in [-0.1, -0.05) is 6.07 Å². The van der Waals surface area contributed by atoms with Crippen molar-refractivity contribution >= 4 is 37.3 Å². The maximum absolute atomic E-state index is 12.4. The van der Waals surface area contributed by atoms with E-state index in [9.17, 15) is 8.42 Å². The second-order valence-electron chi connectivity index (χ2n) is 4.43. The van der Waals surface area contributed by atoms with Crippen molar-refractivity contribution in [1.82, 2.24) is 0 Å². The molecule has 0 aliphatic carbocycles. The summed E-state index contributed by atoms with van der Waals surface area (Å²) >= 11 is 3.32. The summed E-state index contributed by atoms with van der Waals surface area (Å²) in [7, 11) is -2.19. The lowest BCUT2D eigenvalue weighted by Crippen LogP contribution is -2.15. The van der Waals surface area contributed by atoms with Gasteiger partial charge < -0.3 is 10.5 Å². The van der Waals surface area contributed by atoms with Gasteiger partial charge in [0, 0.05) is 11.8 Å². The fourth-order valence-electron chi connectivity index (χ4n) is 1.86. The smallest absolute Gasteiger partial charge is 0.262 e. The maximum Gasteiger partial charge on any atom is 0.262 e. The molecule has 2 rings (SSSR count). The summed E-state index contributed by atoms with van der Waals surface area (Å²) < 4.78 is 33.3. The highest BCUT2D eigenvalue weighted by molar-refractivity contribution is 9.10. The highest BCUT2D eigenvalue weighted by atomic mass is 79.9. The molecule has 0 aromatic heterocycles. The van der Waals surface area contributed by atoms with Crippen molar-refractivity contribution in [2.45, 2.75) is 11.8 Å². The number of nitrogens with two attached hydrogens (primary N) is 1. The molecule has 0 aliphatic rings. The molecule has 0 heterocycles. The summed E-state index contributed by atoms with van der Waals surface area (Å²) in [6, 6.07) is 9.75. The van der Waals surface area contributed by atoms with Gasteiger partial charge in [-0.15, -0.1) is 0 Å². The van der Waals surface area contributed by atoms with Crippen LogP contribution in [0.4, 0.5) is 11.4 Å². The van der Waals surface area contributed by atoms with Crippen molar-refractivity contribution < 1.29 is 13.2 Å². The first-order chi connectivity index (χ1) is 9.85. The molecule has 2 aromatic carbocycles. The number of rotatable bonds is 4. The van der Waals surface area contributed by atoms with E-state index in [1.54, 1.807) is 37.3 Å². The Morgan fingerprint density at radius 1 is 1.24 bits per heavy atom. The fourth-order valence-corrected chi connectivity index (χ4v) is 3.59. The van der Waals surface area contributed by atoms with Gasteiger partial charge in [0.15, 0.2) is 0 Å². The Balaban J connectivity index is 2.40. The Bertz CT molecular complexity index is 776. The van der Waals surface area contributed by atoms with Gasteiger partial charge in [0.1, 0.15) is 5.75 Å². The minimum atomic E-state index is -3.71. The third-order valence-corrected chi connectivity index (χ3v) is 5.20. The number of methoxy groups -OCH3 is 1. The average Bonchev–Trinajstić information content (AvgIpc) is 2.43. The second kappa shape index (κ2) is 5.95. The first kappa shape index (κ1) is 15.7. The number of nitrogen functional groups attached to an aromatic ring is 1. The van der Waals surface area contributed by atoms with E-state index in [1.807, 2.05) is 0 Å². The molecule has 0 radical (unpaired) electrons. The molecule has 0 amide bonds. The summed E-state index contributed by atoms with van der Waals surface area (Å²) in [6.45, 7) is 1.67. The lowest BCUT2D eigenvalue weighted by Gasteiger charge is -2.13. The molecule has 0 fully saturated rings. The lowest BCUT2D eigenvalue weighted by atomic mass is 10.2. The van der Waals surface area contributed by atoms with E-state index in [0.717, 1.165) is 4.47 Å². The second-order valence-corrected chi connectivity index (χ2v) is 6.93. The largest absolute Gasteiger partial charge is 0.495 e. The van der Waals surface area contributed by atoms with Crippen LogP contribution in [0.25, 0.3) is 0 Å².